The third kappa shape index (κ3) is 2.51. The Hall–Kier alpha value is -1.39. The van der Waals surface area contributed by atoms with Crippen molar-refractivity contribution in [3.8, 4) is 0 Å². The number of likely N-dealkylation sites (tertiary alicyclic amines) is 1. The number of aromatic nitrogens is 2. The summed E-state index contributed by atoms with van der Waals surface area (Å²) in [7, 11) is 4.17. The minimum Gasteiger partial charge on any atom is -0.330 e. The maximum atomic E-state index is 4.76. The van der Waals surface area contributed by atoms with Crippen LogP contribution in [0.5, 0.6) is 0 Å². The number of hydrogen-bond donors (Lipinski definition) is 1. The predicted octanol–water partition coefficient (Wildman–Crippen LogP) is 1.76. The molecule has 1 aliphatic rings. The number of imidazole rings is 1. The smallest absolute Gasteiger partial charge is 0.123 e. The van der Waals surface area contributed by atoms with Crippen molar-refractivity contribution < 1.29 is 0 Å². The fourth-order valence-electron chi connectivity index (χ4n) is 2.97. The van der Waals surface area contributed by atoms with Gasteiger partial charge in [-0.2, -0.15) is 0 Å². The third-order valence-corrected chi connectivity index (χ3v) is 4.16. The summed E-state index contributed by atoms with van der Waals surface area (Å²) < 4.78 is 2.22. The summed E-state index contributed by atoms with van der Waals surface area (Å²) in [6.45, 7) is 3.25. The van der Waals surface area contributed by atoms with E-state index in [9.17, 15) is 0 Å². The van der Waals surface area contributed by atoms with Crippen LogP contribution in [0.25, 0.3) is 11.0 Å². The van der Waals surface area contributed by atoms with Gasteiger partial charge in [-0.15, -0.1) is 0 Å². The number of para-hydroxylation sites is 2. The van der Waals surface area contributed by atoms with Crippen molar-refractivity contribution in [2.24, 2.45) is 7.05 Å². The van der Waals surface area contributed by atoms with Gasteiger partial charge in [-0.3, -0.25) is 4.90 Å². The van der Waals surface area contributed by atoms with E-state index in [1.54, 1.807) is 0 Å². The lowest BCUT2D eigenvalue weighted by Crippen LogP contribution is -2.44. The van der Waals surface area contributed by atoms with Crippen molar-refractivity contribution in [1.82, 2.24) is 19.8 Å². The van der Waals surface area contributed by atoms with E-state index in [0.717, 1.165) is 24.4 Å². The zero-order chi connectivity index (χ0) is 13.2. The standard InChI is InChI=1S/C15H22N4/c1-16-12-6-5-9-19(10-12)11-15-17-13-7-3-4-8-14(13)18(15)2/h3-4,7-8,12,16H,5-6,9-11H2,1-2H3. The van der Waals surface area contributed by atoms with E-state index >= 15 is 0 Å². The molecular weight excluding hydrogens is 236 g/mol. The van der Waals surface area contributed by atoms with E-state index in [-0.39, 0.29) is 0 Å². The Kier molecular flexibility index (Phi) is 3.53. The van der Waals surface area contributed by atoms with Crippen LogP contribution < -0.4 is 5.32 Å². The first-order chi connectivity index (χ1) is 9.28. The second kappa shape index (κ2) is 5.31. The molecule has 4 nitrogen and oxygen atoms in total. The van der Waals surface area contributed by atoms with Crippen LogP contribution in [0, 0.1) is 0 Å². The molecule has 19 heavy (non-hydrogen) atoms. The molecule has 1 fully saturated rings. The van der Waals surface area contributed by atoms with E-state index in [1.165, 1.54) is 24.9 Å². The molecule has 0 spiro atoms. The Morgan fingerprint density at radius 2 is 2.21 bits per heavy atom. The quantitative estimate of drug-likeness (QED) is 0.910. The van der Waals surface area contributed by atoms with Gasteiger partial charge < -0.3 is 9.88 Å². The topological polar surface area (TPSA) is 33.1 Å². The lowest BCUT2D eigenvalue weighted by Gasteiger charge is -2.32. The monoisotopic (exact) mass is 258 g/mol. The summed E-state index contributed by atoms with van der Waals surface area (Å²) in [4.78, 5) is 7.26. The molecule has 1 aliphatic heterocycles. The van der Waals surface area contributed by atoms with Gasteiger partial charge >= 0.3 is 0 Å². The highest BCUT2D eigenvalue weighted by atomic mass is 15.2. The summed E-state index contributed by atoms with van der Waals surface area (Å²) in [6.07, 6.45) is 2.56. The molecule has 1 unspecified atom stereocenters. The van der Waals surface area contributed by atoms with Gasteiger partial charge in [0, 0.05) is 19.6 Å². The number of fused-ring (bicyclic) bond motifs is 1. The number of nitrogens with one attached hydrogen (secondary N) is 1. The van der Waals surface area contributed by atoms with Gasteiger partial charge in [0.15, 0.2) is 0 Å². The van der Waals surface area contributed by atoms with Crippen LogP contribution in [0.15, 0.2) is 24.3 Å². The van der Waals surface area contributed by atoms with Crippen molar-refractivity contribution in [3.63, 3.8) is 0 Å². The largest absolute Gasteiger partial charge is 0.330 e. The predicted molar refractivity (Wildman–Crippen MR) is 78.1 cm³/mol. The van der Waals surface area contributed by atoms with Crippen LogP contribution >= 0.6 is 0 Å². The lowest BCUT2D eigenvalue weighted by atomic mass is 10.1. The Balaban J connectivity index is 1.79. The highest BCUT2D eigenvalue weighted by Gasteiger charge is 2.20. The maximum absolute atomic E-state index is 4.76. The summed E-state index contributed by atoms with van der Waals surface area (Å²) in [5, 5.41) is 3.39. The summed E-state index contributed by atoms with van der Waals surface area (Å²) in [6, 6.07) is 8.98. The first kappa shape index (κ1) is 12.6. The fraction of sp³-hybridized carbons (Fsp3) is 0.533. The Bertz CT molecular complexity index is 560. The molecule has 0 saturated carbocycles. The molecule has 0 radical (unpaired) electrons. The summed E-state index contributed by atoms with van der Waals surface area (Å²) in [5.74, 6) is 1.16. The molecule has 0 bridgehead atoms. The van der Waals surface area contributed by atoms with E-state index in [2.05, 4.69) is 53.1 Å². The first-order valence-electron chi connectivity index (χ1n) is 7.08. The highest BCUT2D eigenvalue weighted by molar-refractivity contribution is 5.75. The Morgan fingerprint density at radius 1 is 1.37 bits per heavy atom. The molecule has 2 aromatic rings. The average Bonchev–Trinajstić information content (AvgIpc) is 2.76. The zero-order valence-electron chi connectivity index (χ0n) is 11.8. The molecule has 1 atom stereocenters. The molecule has 102 valence electrons. The molecule has 2 heterocycles. The van der Waals surface area contributed by atoms with Crippen molar-refractivity contribution in [2.75, 3.05) is 20.1 Å². The van der Waals surface area contributed by atoms with Gasteiger partial charge in [0.1, 0.15) is 5.82 Å². The SMILES string of the molecule is CNC1CCCN(Cc2nc3ccccc3n2C)C1. The van der Waals surface area contributed by atoms with Gasteiger partial charge in [0.05, 0.1) is 17.6 Å². The van der Waals surface area contributed by atoms with Gasteiger partial charge in [0.2, 0.25) is 0 Å². The fourth-order valence-corrected chi connectivity index (χ4v) is 2.97. The van der Waals surface area contributed by atoms with Gasteiger partial charge in [0.25, 0.3) is 0 Å². The van der Waals surface area contributed by atoms with Crippen LogP contribution in [0.3, 0.4) is 0 Å². The number of aryl methyl sites for hydroxylation is 1. The number of piperidine rings is 1. The average molecular weight is 258 g/mol. The van der Waals surface area contributed by atoms with Crippen molar-refractivity contribution in [3.05, 3.63) is 30.1 Å². The molecule has 3 rings (SSSR count). The van der Waals surface area contributed by atoms with Gasteiger partial charge in [-0.25, -0.2) is 4.98 Å². The number of likely N-dealkylation sites (N-methyl/N-ethyl adjacent to an activating group) is 1. The number of nitrogens with zero attached hydrogens (tertiary/aromatic N) is 3. The minimum atomic E-state index is 0.628. The maximum Gasteiger partial charge on any atom is 0.123 e. The lowest BCUT2D eigenvalue weighted by molar-refractivity contribution is 0.183. The second-order valence-corrected chi connectivity index (χ2v) is 5.44. The highest BCUT2D eigenvalue weighted by Crippen LogP contribution is 2.17. The first-order valence-corrected chi connectivity index (χ1v) is 7.08. The molecule has 0 aliphatic carbocycles. The van der Waals surface area contributed by atoms with Crippen molar-refractivity contribution >= 4 is 11.0 Å². The van der Waals surface area contributed by atoms with Crippen LogP contribution in [0.1, 0.15) is 18.7 Å². The van der Waals surface area contributed by atoms with Crippen LogP contribution in [-0.2, 0) is 13.6 Å². The van der Waals surface area contributed by atoms with Crippen LogP contribution in [0.2, 0.25) is 0 Å². The van der Waals surface area contributed by atoms with Crippen LogP contribution in [-0.4, -0.2) is 40.6 Å². The molecule has 4 heteroatoms. The Morgan fingerprint density at radius 3 is 3.00 bits per heavy atom. The molecule has 0 amide bonds. The molecule has 1 aromatic heterocycles. The number of rotatable bonds is 3. The van der Waals surface area contributed by atoms with Crippen LogP contribution in [0.4, 0.5) is 0 Å². The zero-order valence-corrected chi connectivity index (χ0v) is 11.8. The summed E-state index contributed by atoms with van der Waals surface area (Å²) in [5.41, 5.74) is 2.32. The van der Waals surface area contributed by atoms with E-state index in [1.807, 2.05) is 0 Å². The number of hydrogen-bond acceptors (Lipinski definition) is 3. The van der Waals surface area contributed by atoms with E-state index < -0.39 is 0 Å². The Labute approximate surface area is 114 Å². The molecule has 1 aromatic carbocycles. The second-order valence-electron chi connectivity index (χ2n) is 5.44. The summed E-state index contributed by atoms with van der Waals surface area (Å²) >= 11 is 0. The van der Waals surface area contributed by atoms with Crippen molar-refractivity contribution in [1.29, 1.82) is 0 Å². The van der Waals surface area contributed by atoms with E-state index in [4.69, 9.17) is 4.98 Å². The molecule has 1 saturated heterocycles. The third-order valence-electron chi connectivity index (χ3n) is 4.16. The minimum absolute atomic E-state index is 0.628. The number of benzene rings is 1. The van der Waals surface area contributed by atoms with Crippen molar-refractivity contribution in [2.45, 2.75) is 25.4 Å². The van der Waals surface area contributed by atoms with Gasteiger partial charge in [-0.05, 0) is 38.6 Å². The van der Waals surface area contributed by atoms with Gasteiger partial charge in [-0.1, -0.05) is 12.1 Å². The molecular formula is C15H22N4. The molecule has 1 N–H and O–H groups in total. The van der Waals surface area contributed by atoms with E-state index in [0.29, 0.717) is 6.04 Å². The normalized spacial score (nSPS) is 21.1.